The molecule has 2 heterocycles. The van der Waals surface area contributed by atoms with Crippen LogP contribution in [-0.2, 0) is 17.9 Å². The minimum absolute atomic E-state index is 0.320. The average molecular weight is 251 g/mol. The van der Waals surface area contributed by atoms with Gasteiger partial charge in [-0.05, 0) is 38.8 Å². The van der Waals surface area contributed by atoms with Gasteiger partial charge in [-0.15, -0.1) is 0 Å². The minimum Gasteiger partial charge on any atom is -0.481 e. The van der Waals surface area contributed by atoms with Crippen molar-refractivity contribution < 1.29 is 9.90 Å². The van der Waals surface area contributed by atoms with Gasteiger partial charge in [0.25, 0.3) is 0 Å². The lowest BCUT2D eigenvalue weighted by molar-refractivity contribution is -0.138. The first kappa shape index (κ1) is 13.1. The van der Waals surface area contributed by atoms with Gasteiger partial charge in [0.05, 0.1) is 12.0 Å². The topological polar surface area (TPSA) is 58.4 Å². The zero-order valence-electron chi connectivity index (χ0n) is 10.9. The number of carboxylic acids is 1. The fourth-order valence-corrected chi connectivity index (χ4v) is 2.59. The Morgan fingerprint density at radius 1 is 1.50 bits per heavy atom. The molecular formula is C13H21N3O2. The maximum absolute atomic E-state index is 10.7. The fraction of sp³-hybridized carbons (Fsp3) is 0.692. The van der Waals surface area contributed by atoms with Crippen LogP contribution in [0.15, 0.2) is 12.5 Å². The summed E-state index contributed by atoms with van der Waals surface area (Å²) in [6, 6.07) is 0. The molecule has 18 heavy (non-hydrogen) atoms. The summed E-state index contributed by atoms with van der Waals surface area (Å²) in [6.45, 7) is 5.97. The van der Waals surface area contributed by atoms with E-state index in [-0.39, 0.29) is 0 Å². The summed E-state index contributed by atoms with van der Waals surface area (Å²) >= 11 is 0. The second-order valence-corrected chi connectivity index (χ2v) is 4.99. The number of carbonyl (C=O) groups is 1. The van der Waals surface area contributed by atoms with Crippen LogP contribution in [0.25, 0.3) is 0 Å². The van der Waals surface area contributed by atoms with Crippen molar-refractivity contribution >= 4 is 5.97 Å². The van der Waals surface area contributed by atoms with Crippen molar-refractivity contribution in [1.82, 2.24) is 14.5 Å². The molecule has 0 spiro atoms. The number of piperidine rings is 1. The molecule has 100 valence electrons. The Bertz CT molecular complexity index is 395. The van der Waals surface area contributed by atoms with Gasteiger partial charge in [0.15, 0.2) is 0 Å². The van der Waals surface area contributed by atoms with Crippen LogP contribution < -0.4 is 0 Å². The van der Waals surface area contributed by atoms with E-state index in [0.717, 1.165) is 39.0 Å². The summed E-state index contributed by atoms with van der Waals surface area (Å²) in [6.07, 6.45) is 6.10. The van der Waals surface area contributed by atoms with Gasteiger partial charge in [0, 0.05) is 25.7 Å². The van der Waals surface area contributed by atoms with E-state index in [2.05, 4.69) is 21.4 Å². The number of imidazole rings is 1. The van der Waals surface area contributed by atoms with Crippen molar-refractivity contribution in [3.8, 4) is 0 Å². The molecule has 0 atom stereocenters. The third kappa shape index (κ3) is 3.32. The van der Waals surface area contributed by atoms with E-state index in [0.29, 0.717) is 12.3 Å². The third-order valence-electron chi connectivity index (χ3n) is 3.70. The van der Waals surface area contributed by atoms with E-state index in [1.165, 1.54) is 5.69 Å². The summed E-state index contributed by atoms with van der Waals surface area (Å²) in [5.74, 6) is -0.313. The number of hydrogen-bond donors (Lipinski definition) is 1. The molecule has 0 amide bonds. The normalized spacial score (nSPS) is 18.1. The lowest BCUT2D eigenvalue weighted by Gasteiger charge is -2.31. The number of rotatable bonds is 5. The third-order valence-corrected chi connectivity index (χ3v) is 3.70. The van der Waals surface area contributed by atoms with Crippen LogP contribution in [0.1, 0.15) is 31.9 Å². The number of hydrogen-bond acceptors (Lipinski definition) is 3. The number of aryl methyl sites for hydroxylation is 1. The van der Waals surface area contributed by atoms with Gasteiger partial charge in [0.2, 0.25) is 0 Å². The maximum Gasteiger partial charge on any atom is 0.303 e. The van der Waals surface area contributed by atoms with E-state index < -0.39 is 5.97 Å². The Balaban J connectivity index is 1.81. The largest absolute Gasteiger partial charge is 0.481 e. The van der Waals surface area contributed by atoms with Crippen molar-refractivity contribution in [3.05, 3.63) is 18.2 Å². The van der Waals surface area contributed by atoms with E-state index >= 15 is 0 Å². The molecule has 1 aliphatic heterocycles. The van der Waals surface area contributed by atoms with Gasteiger partial charge in [-0.2, -0.15) is 0 Å². The number of nitrogens with zero attached hydrogens (tertiary/aromatic N) is 3. The lowest BCUT2D eigenvalue weighted by atomic mass is 9.93. The molecule has 1 N–H and O–H groups in total. The van der Waals surface area contributed by atoms with E-state index in [1.54, 1.807) is 0 Å². The zero-order valence-corrected chi connectivity index (χ0v) is 10.9. The summed E-state index contributed by atoms with van der Waals surface area (Å²) in [4.78, 5) is 17.2. The predicted octanol–water partition coefficient (Wildman–Crippen LogP) is 1.59. The molecule has 0 aliphatic carbocycles. The Morgan fingerprint density at radius 2 is 2.22 bits per heavy atom. The van der Waals surface area contributed by atoms with Gasteiger partial charge in [-0.3, -0.25) is 9.69 Å². The molecule has 0 saturated carbocycles. The molecule has 0 aromatic carbocycles. The molecule has 5 nitrogen and oxygen atoms in total. The molecule has 1 saturated heterocycles. The van der Waals surface area contributed by atoms with Crippen LogP contribution in [0.4, 0.5) is 0 Å². The summed E-state index contributed by atoms with van der Waals surface area (Å²) in [5, 5.41) is 8.78. The zero-order chi connectivity index (χ0) is 13.0. The van der Waals surface area contributed by atoms with Crippen LogP contribution in [-0.4, -0.2) is 38.6 Å². The van der Waals surface area contributed by atoms with Crippen LogP contribution >= 0.6 is 0 Å². The second-order valence-electron chi connectivity index (χ2n) is 4.99. The molecule has 5 heteroatoms. The molecule has 1 aromatic rings. The van der Waals surface area contributed by atoms with Crippen molar-refractivity contribution in [2.75, 3.05) is 13.1 Å². The second kappa shape index (κ2) is 6.00. The Morgan fingerprint density at radius 3 is 2.83 bits per heavy atom. The van der Waals surface area contributed by atoms with E-state index in [9.17, 15) is 4.79 Å². The molecule has 1 aromatic heterocycles. The van der Waals surface area contributed by atoms with Crippen LogP contribution in [0, 0.1) is 5.92 Å². The lowest BCUT2D eigenvalue weighted by Crippen LogP contribution is -2.34. The van der Waals surface area contributed by atoms with Crippen molar-refractivity contribution in [2.24, 2.45) is 5.92 Å². The van der Waals surface area contributed by atoms with Gasteiger partial charge < -0.3 is 9.67 Å². The molecule has 0 unspecified atom stereocenters. The molecule has 1 fully saturated rings. The highest BCUT2D eigenvalue weighted by molar-refractivity contribution is 5.67. The minimum atomic E-state index is -0.669. The van der Waals surface area contributed by atoms with Gasteiger partial charge in [-0.1, -0.05) is 0 Å². The summed E-state index contributed by atoms with van der Waals surface area (Å²) in [5.41, 5.74) is 1.24. The van der Waals surface area contributed by atoms with E-state index in [1.807, 2.05) is 12.5 Å². The first-order valence-electron chi connectivity index (χ1n) is 6.62. The number of aromatic nitrogens is 2. The van der Waals surface area contributed by atoms with Gasteiger partial charge >= 0.3 is 5.97 Å². The number of likely N-dealkylation sites (tertiary alicyclic amines) is 1. The van der Waals surface area contributed by atoms with Crippen LogP contribution in [0.2, 0.25) is 0 Å². The molecule has 2 rings (SSSR count). The predicted molar refractivity (Wildman–Crippen MR) is 68.2 cm³/mol. The average Bonchev–Trinajstić information content (AvgIpc) is 2.78. The first-order valence-corrected chi connectivity index (χ1v) is 6.62. The van der Waals surface area contributed by atoms with Crippen molar-refractivity contribution in [3.63, 3.8) is 0 Å². The highest BCUT2D eigenvalue weighted by Crippen LogP contribution is 2.21. The number of carboxylic acid groups (broad SMARTS) is 1. The quantitative estimate of drug-likeness (QED) is 0.863. The SMILES string of the molecule is CCn1cncc1CN1CCC(CC(=O)O)CC1. The Labute approximate surface area is 107 Å². The van der Waals surface area contributed by atoms with Gasteiger partial charge in [-0.25, -0.2) is 4.98 Å². The molecule has 0 radical (unpaired) electrons. The molecular weight excluding hydrogens is 230 g/mol. The molecule has 1 aliphatic rings. The monoisotopic (exact) mass is 251 g/mol. The van der Waals surface area contributed by atoms with Crippen molar-refractivity contribution in [2.45, 2.75) is 39.3 Å². The summed E-state index contributed by atoms with van der Waals surface area (Å²) < 4.78 is 2.16. The smallest absolute Gasteiger partial charge is 0.303 e. The van der Waals surface area contributed by atoms with Crippen LogP contribution in [0.3, 0.4) is 0 Å². The van der Waals surface area contributed by atoms with Crippen LogP contribution in [0.5, 0.6) is 0 Å². The Hall–Kier alpha value is -1.36. The standard InChI is InChI=1S/C13H21N3O2/c1-2-16-10-14-8-12(16)9-15-5-3-11(4-6-15)7-13(17)18/h8,10-11H,2-7,9H2,1H3,(H,17,18). The number of aliphatic carboxylic acids is 1. The Kier molecular flexibility index (Phi) is 4.36. The van der Waals surface area contributed by atoms with Crippen molar-refractivity contribution in [1.29, 1.82) is 0 Å². The highest BCUT2D eigenvalue weighted by atomic mass is 16.4. The summed E-state index contributed by atoms with van der Waals surface area (Å²) in [7, 11) is 0. The van der Waals surface area contributed by atoms with Gasteiger partial charge in [0.1, 0.15) is 0 Å². The first-order chi connectivity index (χ1) is 8.69. The highest BCUT2D eigenvalue weighted by Gasteiger charge is 2.21. The van der Waals surface area contributed by atoms with E-state index in [4.69, 9.17) is 5.11 Å². The maximum atomic E-state index is 10.7. The fourth-order valence-electron chi connectivity index (χ4n) is 2.59. The molecule has 0 bridgehead atoms.